The molecule has 32 heavy (non-hydrogen) atoms. The van der Waals surface area contributed by atoms with E-state index in [0.717, 1.165) is 24.5 Å². The molecule has 0 aliphatic carbocycles. The number of carboxylic acid groups (broad SMARTS) is 1. The number of fused-ring (bicyclic) bond motifs is 1. The van der Waals surface area contributed by atoms with Crippen LogP contribution >= 0.6 is 0 Å². The van der Waals surface area contributed by atoms with Crippen molar-refractivity contribution >= 4 is 23.5 Å². The van der Waals surface area contributed by atoms with E-state index in [1.807, 2.05) is 57.2 Å². The molecule has 2 N–H and O–H groups in total. The Morgan fingerprint density at radius 3 is 2.28 bits per heavy atom. The molecule has 2 heterocycles. The molecule has 0 aromatic heterocycles. The van der Waals surface area contributed by atoms with Crippen LogP contribution < -0.4 is 15.1 Å². The van der Waals surface area contributed by atoms with E-state index in [-0.39, 0.29) is 23.5 Å². The zero-order chi connectivity index (χ0) is 22.9. The fraction of sp³-hybridized carbons (Fsp3) is 0.440. The number of para-hydroxylation sites is 2. The van der Waals surface area contributed by atoms with Crippen molar-refractivity contribution in [3.05, 3.63) is 60.2 Å². The smallest absolute Gasteiger partial charge is 0.407 e. The van der Waals surface area contributed by atoms with Crippen LogP contribution in [0, 0.1) is 5.41 Å². The highest BCUT2D eigenvalue weighted by Gasteiger charge is 2.45. The van der Waals surface area contributed by atoms with Crippen molar-refractivity contribution in [2.24, 2.45) is 5.41 Å². The topological polar surface area (TPSA) is 76.1 Å². The van der Waals surface area contributed by atoms with Gasteiger partial charge in [-0.2, -0.15) is 0 Å². The predicted molar refractivity (Wildman–Crippen MR) is 126 cm³/mol. The van der Waals surface area contributed by atoms with Gasteiger partial charge in [-0.05, 0) is 29.5 Å². The highest BCUT2D eigenvalue weighted by atomic mass is 16.4. The van der Waals surface area contributed by atoms with Crippen LogP contribution in [0.2, 0.25) is 0 Å². The van der Waals surface area contributed by atoms with Crippen molar-refractivity contribution in [2.45, 2.75) is 45.8 Å². The summed E-state index contributed by atoms with van der Waals surface area (Å²) < 4.78 is 0. The second kappa shape index (κ2) is 8.73. The lowest BCUT2D eigenvalue weighted by Gasteiger charge is -2.40. The van der Waals surface area contributed by atoms with Gasteiger partial charge in [0.25, 0.3) is 0 Å². The summed E-state index contributed by atoms with van der Waals surface area (Å²) in [5, 5.41) is 12.8. The highest BCUT2D eigenvalue weighted by Crippen LogP contribution is 2.36. The number of nitrogens with zero attached hydrogens (tertiary/aromatic N) is 3. The summed E-state index contributed by atoms with van der Waals surface area (Å²) in [5.41, 5.74) is 2.86. The zero-order valence-corrected chi connectivity index (χ0v) is 19.0. The van der Waals surface area contributed by atoms with Crippen LogP contribution in [0.25, 0.3) is 0 Å². The minimum atomic E-state index is -0.929. The number of nitrogens with one attached hydrogen (secondary N) is 1. The molecule has 0 spiro atoms. The van der Waals surface area contributed by atoms with Gasteiger partial charge in [0.1, 0.15) is 0 Å². The van der Waals surface area contributed by atoms with Gasteiger partial charge in [0, 0.05) is 26.2 Å². The Bertz CT molecular complexity index is 973. The van der Waals surface area contributed by atoms with Gasteiger partial charge in [-0.1, -0.05) is 63.2 Å². The van der Waals surface area contributed by atoms with Crippen molar-refractivity contribution in [1.82, 2.24) is 10.2 Å². The van der Waals surface area contributed by atoms with E-state index in [9.17, 15) is 14.7 Å². The van der Waals surface area contributed by atoms with Crippen LogP contribution in [0.4, 0.5) is 21.0 Å². The van der Waals surface area contributed by atoms with Gasteiger partial charge in [-0.25, -0.2) is 9.59 Å². The van der Waals surface area contributed by atoms with E-state index in [2.05, 4.69) is 28.4 Å². The molecular weight excluding hydrogens is 404 g/mol. The second-order valence-electron chi connectivity index (χ2n) is 9.68. The minimum absolute atomic E-state index is 0.164. The first kappa shape index (κ1) is 22.0. The number of amides is 3. The summed E-state index contributed by atoms with van der Waals surface area (Å²) in [6.45, 7) is 8.60. The summed E-state index contributed by atoms with van der Waals surface area (Å²) in [6.07, 6.45) is -0.308. The Hall–Kier alpha value is -3.22. The van der Waals surface area contributed by atoms with E-state index in [4.69, 9.17) is 0 Å². The maximum Gasteiger partial charge on any atom is 0.407 e. The molecule has 7 heteroatoms. The molecule has 0 radical (unpaired) electrons. The van der Waals surface area contributed by atoms with Crippen LogP contribution in [-0.2, 0) is 6.54 Å². The normalized spacial score (nSPS) is 20.8. The first-order chi connectivity index (χ1) is 15.3. The lowest BCUT2D eigenvalue weighted by atomic mass is 9.83. The van der Waals surface area contributed by atoms with E-state index >= 15 is 0 Å². The third-order valence-corrected chi connectivity index (χ3v) is 6.41. The monoisotopic (exact) mass is 436 g/mol. The standard InChI is InChI=1S/C25H32N4O3/c1-25(2,3)22-19(13-14-29(22)24(31)32)26-23(30)28-16-15-27(17-18-9-5-4-6-10-18)20-11-7-8-12-21(20)28/h4-12,19,22H,13-17H2,1-3H3,(H,26,30)(H,31,32). The molecule has 3 amide bonds. The van der Waals surface area contributed by atoms with Crippen molar-refractivity contribution in [3.8, 4) is 0 Å². The SMILES string of the molecule is CC(C)(C)C1C(NC(=O)N2CCN(Cc3ccccc3)c3ccccc32)CCN1C(=O)O. The fourth-order valence-electron chi connectivity index (χ4n) is 5.07. The van der Waals surface area contributed by atoms with Crippen LogP contribution in [-0.4, -0.2) is 53.8 Å². The summed E-state index contributed by atoms with van der Waals surface area (Å²) in [6, 6.07) is 17.7. The molecule has 1 fully saturated rings. The number of carbonyl (C=O) groups is 2. The summed E-state index contributed by atoms with van der Waals surface area (Å²) in [7, 11) is 0. The van der Waals surface area contributed by atoms with Gasteiger partial charge >= 0.3 is 12.1 Å². The number of likely N-dealkylation sites (tertiary alicyclic amines) is 1. The molecule has 7 nitrogen and oxygen atoms in total. The number of urea groups is 1. The highest BCUT2D eigenvalue weighted by molar-refractivity contribution is 5.97. The largest absolute Gasteiger partial charge is 0.465 e. The second-order valence-corrected chi connectivity index (χ2v) is 9.68. The number of carbonyl (C=O) groups excluding carboxylic acids is 1. The molecule has 170 valence electrons. The Morgan fingerprint density at radius 2 is 1.62 bits per heavy atom. The molecular formula is C25H32N4O3. The Kier molecular flexibility index (Phi) is 6.00. The average molecular weight is 437 g/mol. The minimum Gasteiger partial charge on any atom is -0.465 e. The first-order valence-corrected chi connectivity index (χ1v) is 11.2. The quantitative estimate of drug-likeness (QED) is 0.748. The maximum absolute atomic E-state index is 13.4. The van der Waals surface area contributed by atoms with E-state index in [1.54, 1.807) is 4.90 Å². The van der Waals surface area contributed by atoms with Crippen molar-refractivity contribution in [1.29, 1.82) is 0 Å². The van der Waals surface area contributed by atoms with E-state index in [0.29, 0.717) is 19.5 Å². The number of hydrogen-bond donors (Lipinski definition) is 2. The molecule has 2 aliphatic heterocycles. The molecule has 0 bridgehead atoms. The van der Waals surface area contributed by atoms with Crippen LogP contribution in [0.1, 0.15) is 32.8 Å². The lowest BCUT2D eigenvalue weighted by molar-refractivity contribution is 0.0982. The van der Waals surface area contributed by atoms with Crippen molar-refractivity contribution in [2.75, 3.05) is 29.4 Å². The molecule has 2 unspecified atom stereocenters. The van der Waals surface area contributed by atoms with E-state index < -0.39 is 6.09 Å². The molecule has 2 aromatic carbocycles. The number of anilines is 2. The van der Waals surface area contributed by atoms with Crippen molar-refractivity contribution in [3.63, 3.8) is 0 Å². The number of rotatable bonds is 3. The molecule has 1 saturated heterocycles. The summed E-state index contributed by atoms with van der Waals surface area (Å²) in [4.78, 5) is 30.7. The molecule has 2 aromatic rings. The molecule has 0 saturated carbocycles. The lowest BCUT2D eigenvalue weighted by Crippen LogP contribution is -2.56. The first-order valence-electron chi connectivity index (χ1n) is 11.2. The summed E-state index contributed by atoms with van der Waals surface area (Å²) >= 11 is 0. The molecule has 4 rings (SSSR count). The van der Waals surface area contributed by atoms with Gasteiger partial charge < -0.3 is 20.2 Å². The van der Waals surface area contributed by atoms with Gasteiger partial charge in [-0.3, -0.25) is 4.90 Å². The van der Waals surface area contributed by atoms with Crippen LogP contribution in [0.15, 0.2) is 54.6 Å². The Morgan fingerprint density at radius 1 is 0.969 bits per heavy atom. The average Bonchev–Trinajstić information content (AvgIpc) is 3.19. The van der Waals surface area contributed by atoms with E-state index in [1.165, 1.54) is 10.5 Å². The van der Waals surface area contributed by atoms with Gasteiger partial charge in [0.05, 0.1) is 23.5 Å². The fourth-order valence-corrected chi connectivity index (χ4v) is 5.07. The summed E-state index contributed by atoms with van der Waals surface area (Å²) in [5.74, 6) is 0. The molecule has 2 atom stereocenters. The van der Waals surface area contributed by atoms with Crippen molar-refractivity contribution < 1.29 is 14.7 Å². The number of hydrogen-bond acceptors (Lipinski definition) is 3. The predicted octanol–water partition coefficient (Wildman–Crippen LogP) is 4.39. The van der Waals surface area contributed by atoms with Gasteiger partial charge in [0.15, 0.2) is 0 Å². The number of benzene rings is 2. The molecule has 2 aliphatic rings. The Balaban J connectivity index is 1.52. The van der Waals surface area contributed by atoms with Crippen LogP contribution in [0.3, 0.4) is 0 Å². The third kappa shape index (κ3) is 4.38. The van der Waals surface area contributed by atoms with Crippen LogP contribution in [0.5, 0.6) is 0 Å². The Labute approximate surface area is 189 Å². The zero-order valence-electron chi connectivity index (χ0n) is 19.0. The third-order valence-electron chi connectivity index (χ3n) is 6.41. The van der Waals surface area contributed by atoms with Gasteiger partial charge in [0.2, 0.25) is 0 Å². The maximum atomic E-state index is 13.4. The van der Waals surface area contributed by atoms with Gasteiger partial charge in [-0.15, -0.1) is 0 Å².